The van der Waals surface area contributed by atoms with Crippen LogP contribution in [0.2, 0.25) is 0 Å². The summed E-state index contributed by atoms with van der Waals surface area (Å²) in [7, 11) is 0. The predicted molar refractivity (Wildman–Crippen MR) is 104 cm³/mol. The first-order valence-electron chi connectivity index (χ1n) is 9.14. The average molecular weight is 397 g/mol. The van der Waals surface area contributed by atoms with Crippen molar-refractivity contribution in [2.45, 2.75) is 19.0 Å². The number of hydrogen-bond acceptors (Lipinski definition) is 4. The number of hydrogen-bond donors (Lipinski definition) is 1. The molecule has 0 saturated carbocycles. The summed E-state index contributed by atoms with van der Waals surface area (Å²) in [6, 6.07) is 11.0. The molecule has 0 bridgehead atoms. The standard InChI is InChI=1S/C21H18F3N5/c22-21(23,24)18-5-3-16(4-6-18)17-12-19(20-28-27-14-29(20)13-17)26-9-1-2-15-7-10-25-11-8-15/h3-8,10-14,26H,1-2,9H2. The topological polar surface area (TPSA) is 55.1 Å². The van der Waals surface area contributed by atoms with Crippen LogP contribution >= 0.6 is 0 Å². The summed E-state index contributed by atoms with van der Waals surface area (Å²) >= 11 is 0. The molecule has 3 aromatic heterocycles. The van der Waals surface area contributed by atoms with E-state index in [0.717, 1.165) is 42.8 Å². The van der Waals surface area contributed by atoms with E-state index in [1.165, 1.54) is 17.7 Å². The van der Waals surface area contributed by atoms with Gasteiger partial charge in [0.05, 0.1) is 11.3 Å². The molecule has 0 fully saturated rings. The SMILES string of the molecule is FC(F)(F)c1ccc(-c2cc(NCCCc3ccncc3)c3nncn3c2)cc1. The molecule has 148 valence electrons. The minimum atomic E-state index is -4.35. The van der Waals surface area contributed by atoms with Crippen LogP contribution in [0.4, 0.5) is 18.9 Å². The van der Waals surface area contributed by atoms with E-state index in [2.05, 4.69) is 20.5 Å². The maximum atomic E-state index is 12.8. The Kier molecular flexibility index (Phi) is 5.16. The molecule has 1 N–H and O–H groups in total. The van der Waals surface area contributed by atoms with Gasteiger partial charge in [-0.1, -0.05) is 12.1 Å². The minimum Gasteiger partial charge on any atom is -0.382 e. The highest BCUT2D eigenvalue weighted by atomic mass is 19.4. The lowest BCUT2D eigenvalue weighted by molar-refractivity contribution is -0.137. The highest BCUT2D eigenvalue weighted by molar-refractivity contribution is 5.76. The van der Waals surface area contributed by atoms with Gasteiger partial charge in [-0.3, -0.25) is 9.38 Å². The molecular weight excluding hydrogens is 379 g/mol. The molecule has 0 aliphatic carbocycles. The van der Waals surface area contributed by atoms with E-state index in [1.807, 2.05) is 18.2 Å². The molecule has 4 rings (SSSR count). The van der Waals surface area contributed by atoms with Gasteiger partial charge in [-0.05, 0) is 54.3 Å². The number of alkyl halides is 3. The van der Waals surface area contributed by atoms with Gasteiger partial charge in [-0.2, -0.15) is 13.2 Å². The van der Waals surface area contributed by atoms with Crippen molar-refractivity contribution in [2.24, 2.45) is 0 Å². The molecule has 4 aromatic rings. The number of benzene rings is 1. The number of nitrogens with one attached hydrogen (secondary N) is 1. The third-order valence-electron chi connectivity index (χ3n) is 4.64. The molecule has 0 atom stereocenters. The Hall–Kier alpha value is -3.42. The molecule has 0 saturated heterocycles. The quantitative estimate of drug-likeness (QED) is 0.473. The summed E-state index contributed by atoms with van der Waals surface area (Å²) in [6.07, 6.45) is 4.40. The Labute approximate surface area is 165 Å². The summed E-state index contributed by atoms with van der Waals surface area (Å²) in [6.45, 7) is 0.724. The number of rotatable bonds is 6. The fourth-order valence-electron chi connectivity index (χ4n) is 3.14. The van der Waals surface area contributed by atoms with Crippen molar-refractivity contribution in [1.29, 1.82) is 0 Å². The van der Waals surface area contributed by atoms with Crippen molar-refractivity contribution < 1.29 is 13.2 Å². The summed E-state index contributed by atoms with van der Waals surface area (Å²) < 4.78 is 40.2. The molecule has 0 spiro atoms. The molecule has 29 heavy (non-hydrogen) atoms. The van der Waals surface area contributed by atoms with E-state index in [-0.39, 0.29) is 0 Å². The van der Waals surface area contributed by atoms with Crippen LogP contribution in [0.3, 0.4) is 0 Å². The molecule has 0 unspecified atom stereocenters. The van der Waals surface area contributed by atoms with Crippen LogP contribution in [-0.2, 0) is 12.6 Å². The van der Waals surface area contributed by atoms with Crippen LogP contribution in [0, 0.1) is 0 Å². The van der Waals surface area contributed by atoms with Crippen LogP contribution in [0.5, 0.6) is 0 Å². The summed E-state index contributed by atoms with van der Waals surface area (Å²) in [5, 5.41) is 11.4. The van der Waals surface area contributed by atoms with E-state index >= 15 is 0 Å². The first-order chi connectivity index (χ1) is 14.0. The smallest absolute Gasteiger partial charge is 0.382 e. The zero-order valence-electron chi connectivity index (χ0n) is 15.4. The van der Waals surface area contributed by atoms with Gasteiger partial charge in [0.2, 0.25) is 0 Å². The second-order valence-electron chi connectivity index (χ2n) is 6.67. The number of anilines is 1. The monoisotopic (exact) mass is 397 g/mol. The number of halogens is 3. The highest BCUT2D eigenvalue weighted by Gasteiger charge is 2.30. The number of fused-ring (bicyclic) bond motifs is 1. The van der Waals surface area contributed by atoms with E-state index in [4.69, 9.17) is 0 Å². The Morgan fingerprint density at radius 2 is 1.72 bits per heavy atom. The second-order valence-corrected chi connectivity index (χ2v) is 6.67. The third-order valence-corrected chi connectivity index (χ3v) is 4.64. The minimum absolute atomic E-state index is 0.666. The molecule has 5 nitrogen and oxygen atoms in total. The molecule has 8 heteroatoms. The lowest BCUT2D eigenvalue weighted by Gasteiger charge is -2.12. The highest BCUT2D eigenvalue weighted by Crippen LogP contribution is 2.32. The van der Waals surface area contributed by atoms with Crippen LogP contribution < -0.4 is 5.32 Å². The van der Waals surface area contributed by atoms with E-state index in [9.17, 15) is 13.2 Å². The van der Waals surface area contributed by atoms with Crippen molar-refractivity contribution in [3.05, 3.63) is 78.5 Å². The van der Waals surface area contributed by atoms with Crippen molar-refractivity contribution in [2.75, 3.05) is 11.9 Å². The lowest BCUT2D eigenvalue weighted by atomic mass is 10.0. The molecule has 3 heterocycles. The molecule has 0 aliphatic rings. The maximum Gasteiger partial charge on any atom is 0.416 e. The summed E-state index contributed by atoms with van der Waals surface area (Å²) in [4.78, 5) is 4.01. The second kappa shape index (κ2) is 7.90. The van der Waals surface area contributed by atoms with Crippen LogP contribution in [0.25, 0.3) is 16.8 Å². The zero-order valence-corrected chi connectivity index (χ0v) is 15.4. The Morgan fingerprint density at radius 1 is 0.966 bits per heavy atom. The zero-order chi connectivity index (χ0) is 20.3. The van der Waals surface area contributed by atoms with Crippen molar-refractivity contribution in [1.82, 2.24) is 19.6 Å². The van der Waals surface area contributed by atoms with Crippen LogP contribution in [0.1, 0.15) is 17.5 Å². The predicted octanol–water partition coefficient (Wildman–Crippen LogP) is 4.85. The normalized spacial score (nSPS) is 11.7. The van der Waals surface area contributed by atoms with Gasteiger partial charge in [0, 0.05) is 30.7 Å². The Balaban J connectivity index is 1.52. The van der Waals surface area contributed by atoms with Crippen LogP contribution in [-0.4, -0.2) is 26.1 Å². The van der Waals surface area contributed by atoms with Crippen LogP contribution in [0.15, 0.2) is 67.4 Å². The first-order valence-corrected chi connectivity index (χ1v) is 9.14. The van der Waals surface area contributed by atoms with E-state index < -0.39 is 11.7 Å². The summed E-state index contributed by atoms with van der Waals surface area (Å²) in [5.74, 6) is 0. The van der Waals surface area contributed by atoms with E-state index in [0.29, 0.717) is 11.2 Å². The molecule has 1 aromatic carbocycles. The van der Waals surface area contributed by atoms with Gasteiger partial charge in [0.25, 0.3) is 0 Å². The molecule has 0 radical (unpaired) electrons. The maximum absolute atomic E-state index is 12.8. The third kappa shape index (κ3) is 4.37. The Bertz CT molecular complexity index is 1090. The largest absolute Gasteiger partial charge is 0.416 e. The first kappa shape index (κ1) is 18.9. The van der Waals surface area contributed by atoms with Gasteiger partial charge >= 0.3 is 6.18 Å². The summed E-state index contributed by atoms with van der Waals surface area (Å²) in [5.41, 5.74) is 3.48. The van der Waals surface area contributed by atoms with Gasteiger partial charge in [0.1, 0.15) is 6.33 Å². The molecule has 0 amide bonds. The molecular formula is C21H18F3N5. The van der Waals surface area contributed by atoms with Crippen molar-refractivity contribution in [3.8, 4) is 11.1 Å². The lowest BCUT2D eigenvalue weighted by Crippen LogP contribution is -2.05. The van der Waals surface area contributed by atoms with Gasteiger partial charge in [-0.15, -0.1) is 10.2 Å². The van der Waals surface area contributed by atoms with Gasteiger partial charge in [-0.25, -0.2) is 0 Å². The van der Waals surface area contributed by atoms with Gasteiger partial charge in [0.15, 0.2) is 5.65 Å². The van der Waals surface area contributed by atoms with Crippen molar-refractivity contribution in [3.63, 3.8) is 0 Å². The number of pyridine rings is 2. The fraction of sp³-hybridized carbons (Fsp3) is 0.190. The fourth-order valence-corrected chi connectivity index (χ4v) is 3.14. The number of aryl methyl sites for hydroxylation is 1. The number of nitrogens with zero attached hydrogens (tertiary/aromatic N) is 4. The van der Waals surface area contributed by atoms with Crippen molar-refractivity contribution >= 4 is 11.3 Å². The number of aromatic nitrogens is 4. The Morgan fingerprint density at radius 3 is 2.45 bits per heavy atom. The average Bonchev–Trinajstić information content (AvgIpc) is 3.20. The van der Waals surface area contributed by atoms with E-state index in [1.54, 1.807) is 29.3 Å². The molecule has 0 aliphatic heterocycles. The van der Waals surface area contributed by atoms with Gasteiger partial charge < -0.3 is 5.32 Å².